The molecule has 0 aliphatic carbocycles. The fourth-order valence-electron chi connectivity index (χ4n) is 6.95. The Morgan fingerprint density at radius 3 is 1.07 bits per heavy atom. The number of guanidine groups is 6. The highest BCUT2D eigenvalue weighted by molar-refractivity contribution is 6.40. The molecule has 37 nitrogen and oxygen atoms in total. The van der Waals surface area contributed by atoms with Crippen LogP contribution >= 0.6 is 0 Å². The van der Waals surface area contributed by atoms with Crippen LogP contribution in [-0.2, 0) is 38.4 Å². The van der Waals surface area contributed by atoms with Crippen molar-refractivity contribution in [2.75, 3.05) is 65.5 Å². The third kappa shape index (κ3) is 36.0. The number of carboxylic acids is 1. The van der Waals surface area contributed by atoms with Crippen LogP contribution < -0.4 is 112 Å². The topological polar surface area (TPSA) is 686 Å². The number of hydrogen-bond acceptors (Lipinski definition) is 17. The number of aliphatic hydroxyl groups is 1. The smallest absolute Gasteiger partial charge is 0.326 e. The van der Waals surface area contributed by atoms with Crippen LogP contribution in [0.1, 0.15) is 83.5 Å². The van der Waals surface area contributed by atoms with Crippen molar-refractivity contribution in [3.05, 3.63) is 0 Å². The number of rotatable bonds is 43. The van der Waals surface area contributed by atoms with Gasteiger partial charge in [0, 0.05) is 65.3 Å². The van der Waals surface area contributed by atoms with Gasteiger partial charge in [-0.3, -0.25) is 63.5 Å². The van der Waals surface area contributed by atoms with E-state index in [1.165, 1.54) is 0 Å². The number of carboxylic acid groups (broad SMARTS) is 1. The molecule has 81 heavy (non-hydrogen) atoms. The summed E-state index contributed by atoms with van der Waals surface area (Å²) in [4.78, 5) is 137. The van der Waals surface area contributed by atoms with Crippen LogP contribution in [0.5, 0.6) is 0 Å². The summed E-state index contributed by atoms with van der Waals surface area (Å²) in [5, 5.41) is 37.9. The van der Waals surface area contributed by atoms with Crippen molar-refractivity contribution in [1.29, 1.82) is 0 Å². The van der Waals surface area contributed by atoms with Crippen LogP contribution in [0.2, 0.25) is 0 Å². The Morgan fingerprint density at radius 1 is 0.395 bits per heavy atom. The van der Waals surface area contributed by atoms with E-state index < -0.39 is 95.9 Å². The van der Waals surface area contributed by atoms with Gasteiger partial charge in [-0.1, -0.05) is 0 Å². The summed E-state index contributed by atoms with van der Waals surface area (Å²) in [7, 11) is 0. The number of aliphatic carboxylic acids is 1. The van der Waals surface area contributed by atoms with E-state index in [2.05, 4.69) is 72.2 Å². The van der Waals surface area contributed by atoms with E-state index in [-0.39, 0.29) is 165 Å². The number of carbonyl (C=O) groups excluding carboxylic acids is 7. The fourth-order valence-corrected chi connectivity index (χ4v) is 6.95. The minimum atomic E-state index is -1.56. The zero-order valence-corrected chi connectivity index (χ0v) is 45.5. The van der Waals surface area contributed by atoms with Crippen molar-refractivity contribution >= 4 is 88.8 Å². The van der Waals surface area contributed by atoms with Crippen LogP contribution in [0.15, 0.2) is 34.9 Å². The Hall–Kier alpha value is -8.87. The predicted molar refractivity (Wildman–Crippen MR) is 305 cm³/mol. The number of aliphatic imine (C=N–C) groups is 7. The fraction of sp³-hybridized carbons (Fsp3) is 0.659. The van der Waals surface area contributed by atoms with E-state index in [9.17, 15) is 48.6 Å². The lowest BCUT2D eigenvalue weighted by Crippen LogP contribution is -2.59. The van der Waals surface area contributed by atoms with Gasteiger partial charge in [0.2, 0.25) is 29.5 Å². The van der Waals surface area contributed by atoms with E-state index in [0.29, 0.717) is 13.1 Å². The molecule has 0 bridgehead atoms. The molecule has 0 unspecified atom stereocenters. The maximum absolute atomic E-state index is 14.5. The molecule has 0 heterocycles. The van der Waals surface area contributed by atoms with E-state index >= 15 is 0 Å². The van der Waals surface area contributed by atoms with Gasteiger partial charge in [-0.15, -0.1) is 0 Å². The third-order valence-corrected chi connectivity index (χ3v) is 10.9. The number of aliphatic hydroxyl groups excluding tert-OH is 1. The summed E-state index contributed by atoms with van der Waals surface area (Å²) < 4.78 is 0. The molecule has 37 heteroatoms. The maximum Gasteiger partial charge on any atom is 0.326 e. The highest BCUT2D eigenvalue weighted by Crippen LogP contribution is 2.10. The Balaban J connectivity index is 7.36. The first-order valence-corrected chi connectivity index (χ1v) is 25.8. The summed E-state index contributed by atoms with van der Waals surface area (Å²) in [5.41, 5.74) is 70.7. The van der Waals surface area contributed by atoms with Gasteiger partial charge in [0.15, 0.2) is 35.8 Å². The van der Waals surface area contributed by atoms with E-state index in [0.717, 1.165) is 0 Å². The molecule has 0 aromatic heterocycles. The summed E-state index contributed by atoms with van der Waals surface area (Å²) in [6.45, 7) is -0.0138. The first-order chi connectivity index (χ1) is 38.3. The summed E-state index contributed by atoms with van der Waals surface area (Å²) in [5.74, 6) is -9.58. The molecule has 7 amide bonds. The number of carbonyl (C=O) groups is 8. The Bertz CT molecular complexity index is 2220. The van der Waals surface area contributed by atoms with Gasteiger partial charge in [0.05, 0.1) is 6.61 Å². The highest BCUT2D eigenvalue weighted by Gasteiger charge is 2.33. The zero-order valence-electron chi connectivity index (χ0n) is 45.5. The van der Waals surface area contributed by atoms with Crippen molar-refractivity contribution in [3.8, 4) is 0 Å². The molecular weight excluding hydrogens is 1070 g/mol. The number of nitrogens with two attached hydrogens (primary N) is 13. The molecular formula is C44H87N27O10. The summed E-state index contributed by atoms with van der Waals surface area (Å²) in [6, 6.07) is -9.00. The maximum atomic E-state index is 14.5. The average molecular weight is 1150 g/mol. The average Bonchev–Trinajstić information content (AvgIpc) is 3.40. The largest absolute Gasteiger partial charge is 0.480 e. The van der Waals surface area contributed by atoms with E-state index in [1.54, 1.807) is 0 Å². The first-order valence-electron chi connectivity index (χ1n) is 25.8. The van der Waals surface area contributed by atoms with Gasteiger partial charge in [0.25, 0.3) is 11.8 Å². The molecule has 0 aromatic rings. The lowest BCUT2D eigenvalue weighted by Gasteiger charge is -2.27. The van der Waals surface area contributed by atoms with Gasteiger partial charge < -0.3 is 122 Å². The predicted octanol–water partition coefficient (Wildman–Crippen LogP) is -10.8. The summed E-state index contributed by atoms with van der Waals surface area (Å²) >= 11 is 0. The molecule has 0 fully saturated rings. The van der Waals surface area contributed by atoms with Gasteiger partial charge in [-0.25, -0.2) is 9.79 Å². The van der Waals surface area contributed by atoms with Crippen molar-refractivity contribution in [3.63, 3.8) is 0 Å². The monoisotopic (exact) mass is 1150 g/mol. The number of nitrogens with one attached hydrogen (secondary N) is 7. The normalized spacial score (nSPS) is 13.1. The van der Waals surface area contributed by atoms with Crippen LogP contribution in [0.25, 0.3) is 0 Å². The van der Waals surface area contributed by atoms with E-state index in [1.807, 2.05) is 0 Å². The van der Waals surface area contributed by atoms with Crippen molar-refractivity contribution in [2.24, 2.45) is 109 Å². The zero-order chi connectivity index (χ0) is 61.3. The SMILES string of the molecule is NCCNCCC(=O)N[C@@H](CO)C(=O)N[C@@H](CCCN=C(N)N)C(=O)N[C@@H](CCCN=C(N)N)C(=O)N[C@@H](CCCN=C(N)N)C(=O)N[C@@H](CCCN=C(N)N)C(=O)N=C(CCCN=C(N)N)C(=O)N[C@@H](CCCN=C(N)N)C(=O)O. The van der Waals surface area contributed by atoms with Crippen LogP contribution in [-0.4, -0.2) is 201 Å². The second kappa shape index (κ2) is 42.1. The third-order valence-electron chi connectivity index (χ3n) is 10.9. The van der Waals surface area contributed by atoms with Gasteiger partial charge in [-0.2, -0.15) is 0 Å². The molecule has 0 aliphatic heterocycles. The number of amides is 7. The first kappa shape index (κ1) is 72.1. The van der Waals surface area contributed by atoms with Crippen LogP contribution in [0, 0.1) is 0 Å². The molecule has 0 saturated carbocycles. The minimum Gasteiger partial charge on any atom is -0.480 e. The van der Waals surface area contributed by atoms with Gasteiger partial charge in [-0.05, 0) is 77.0 Å². The standard InChI is InChI=1S/C44H87N27O10/c45-14-22-58-21-13-31(73)65-30(23-72)37(79)70-27(10-4-18-62-42(52)53)35(77)68-25(8-2-16-60-40(48)49)33(75)66-24(7-1-15-59-39(46)47)32(74)67-26(9-3-17-61-41(50)51)34(76)69-28(11-5-19-63-43(54)55)36(78)71-29(38(80)81)12-6-20-64-44(56)57/h24-27,29-30,58,72H,1-23,45H2,(H,65,73)(H,66,75)(H,67,74)(H,68,77)(H,70,79)(H,71,78)(H,80,81)(H4,46,47,59)(H4,48,49,60)(H4,50,51,61)(H4,52,53,62)(H4,54,55,63)(H4,56,57,64)/t24-,25-,26-,27-,29-,30-/m0/s1. The lowest BCUT2D eigenvalue weighted by atomic mass is 10.0. The van der Waals surface area contributed by atoms with Crippen LogP contribution in [0.3, 0.4) is 0 Å². The minimum absolute atomic E-state index is 0.00201. The lowest BCUT2D eigenvalue weighted by molar-refractivity contribution is -0.141. The van der Waals surface area contributed by atoms with E-state index in [4.69, 9.17) is 74.5 Å². The van der Waals surface area contributed by atoms with Crippen molar-refractivity contribution in [1.82, 2.24) is 37.2 Å². The number of hydrogen-bond donors (Lipinski definition) is 22. The number of nitrogens with zero attached hydrogens (tertiary/aromatic N) is 7. The molecule has 6 atom stereocenters. The molecule has 0 aromatic carbocycles. The molecule has 35 N–H and O–H groups in total. The van der Waals surface area contributed by atoms with Gasteiger partial charge in [0.1, 0.15) is 42.0 Å². The Kier molecular flexibility index (Phi) is 37.5. The Morgan fingerprint density at radius 2 is 0.728 bits per heavy atom. The van der Waals surface area contributed by atoms with Gasteiger partial charge >= 0.3 is 5.97 Å². The molecule has 0 saturated heterocycles. The molecule has 0 spiro atoms. The molecule has 0 rings (SSSR count). The van der Waals surface area contributed by atoms with Crippen molar-refractivity contribution < 1.29 is 48.6 Å². The molecule has 458 valence electrons. The second-order valence-electron chi connectivity index (χ2n) is 17.8. The van der Waals surface area contributed by atoms with Crippen molar-refractivity contribution in [2.45, 2.75) is 120 Å². The molecule has 0 aliphatic rings. The second-order valence-corrected chi connectivity index (χ2v) is 17.8. The molecule has 0 radical (unpaired) electrons. The summed E-state index contributed by atoms with van der Waals surface area (Å²) in [6.07, 6.45) is -0.768. The highest BCUT2D eigenvalue weighted by atomic mass is 16.4. The van der Waals surface area contributed by atoms with Crippen LogP contribution in [0.4, 0.5) is 0 Å². The quantitative estimate of drug-likeness (QED) is 0.0153. The Labute approximate surface area is 468 Å².